The Balaban J connectivity index is 2.46. The summed E-state index contributed by atoms with van der Waals surface area (Å²) in [6.07, 6.45) is -1.94. The van der Waals surface area contributed by atoms with Crippen molar-refractivity contribution in [2.24, 2.45) is 17.6 Å². The topological polar surface area (TPSA) is 26.0 Å². The molecule has 0 amide bonds. The molecule has 12 heavy (non-hydrogen) atoms. The summed E-state index contributed by atoms with van der Waals surface area (Å²) in [4.78, 5) is 0. The van der Waals surface area contributed by atoms with Gasteiger partial charge >= 0.3 is 6.18 Å². The third-order valence-corrected chi connectivity index (χ3v) is 2.58. The first kappa shape index (κ1) is 9.84. The first-order chi connectivity index (χ1) is 5.54. The normalized spacial score (nSPS) is 32.0. The Morgan fingerprint density at radius 3 is 2.42 bits per heavy atom. The average Bonchev–Trinajstić information content (AvgIpc) is 2.03. The molecular formula is C8H14F3N. The second kappa shape index (κ2) is 3.64. The van der Waals surface area contributed by atoms with Gasteiger partial charge in [0.05, 0.1) is 5.92 Å². The van der Waals surface area contributed by atoms with Crippen LogP contribution >= 0.6 is 0 Å². The summed E-state index contributed by atoms with van der Waals surface area (Å²) in [7, 11) is 0. The lowest BCUT2D eigenvalue weighted by atomic mass is 9.81. The van der Waals surface area contributed by atoms with Crippen LogP contribution in [0.3, 0.4) is 0 Å². The molecule has 0 unspecified atom stereocenters. The highest BCUT2D eigenvalue weighted by Gasteiger charge is 2.41. The third kappa shape index (κ3) is 2.37. The van der Waals surface area contributed by atoms with Gasteiger partial charge in [-0.15, -0.1) is 0 Å². The Morgan fingerprint density at radius 1 is 1.25 bits per heavy atom. The fourth-order valence-corrected chi connectivity index (χ4v) is 1.80. The van der Waals surface area contributed by atoms with Crippen LogP contribution in [0.2, 0.25) is 0 Å². The average molecular weight is 181 g/mol. The maximum atomic E-state index is 12.2. The Kier molecular flexibility index (Phi) is 2.99. The fraction of sp³-hybridized carbons (Fsp3) is 1.00. The van der Waals surface area contributed by atoms with Crippen LogP contribution in [-0.2, 0) is 0 Å². The van der Waals surface area contributed by atoms with E-state index in [9.17, 15) is 13.2 Å². The van der Waals surface area contributed by atoms with Crippen LogP contribution in [0.15, 0.2) is 0 Å². The van der Waals surface area contributed by atoms with Crippen molar-refractivity contribution in [3.63, 3.8) is 0 Å². The summed E-state index contributed by atoms with van der Waals surface area (Å²) in [5.41, 5.74) is 5.34. The molecule has 0 aromatic rings. The monoisotopic (exact) mass is 181 g/mol. The lowest BCUT2D eigenvalue weighted by molar-refractivity contribution is -0.185. The highest BCUT2D eigenvalue weighted by atomic mass is 19.4. The van der Waals surface area contributed by atoms with Gasteiger partial charge in [0, 0.05) is 0 Å². The minimum absolute atomic E-state index is 0.0883. The van der Waals surface area contributed by atoms with E-state index >= 15 is 0 Å². The summed E-state index contributed by atoms with van der Waals surface area (Å²) in [6, 6.07) is 0. The van der Waals surface area contributed by atoms with Gasteiger partial charge in [0.1, 0.15) is 0 Å². The van der Waals surface area contributed by atoms with E-state index < -0.39 is 12.1 Å². The SMILES string of the molecule is NC[C@@H]1CCC[C@H](C(F)(F)F)C1. The van der Waals surface area contributed by atoms with E-state index in [1.165, 1.54) is 0 Å². The van der Waals surface area contributed by atoms with E-state index in [1.807, 2.05) is 0 Å². The number of halogens is 3. The first-order valence-electron chi connectivity index (χ1n) is 4.31. The maximum Gasteiger partial charge on any atom is 0.391 e. The maximum absolute atomic E-state index is 12.2. The van der Waals surface area contributed by atoms with Crippen molar-refractivity contribution in [1.29, 1.82) is 0 Å². The van der Waals surface area contributed by atoms with E-state index in [1.54, 1.807) is 0 Å². The van der Waals surface area contributed by atoms with Gasteiger partial charge in [-0.05, 0) is 31.7 Å². The molecule has 1 aliphatic carbocycles. The van der Waals surface area contributed by atoms with Crippen LogP contribution in [0, 0.1) is 11.8 Å². The van der Waals surface area contributed by atoms with Gasteiger partial charge in [0.15, 0.2) is 0 Å². The molecule has 0 spiro atoms. The van der Waals surface area contributed by atoms with Gasteiger partial charge in [-0.25, -0.2) is 0 Å². The molecule has 0 radical (unpaired) electrons. The minimum atomic E-state index is -4.01. The van der Waals surface area contributed by atoms with Gasteiger partial charge in [-0.3, -0.25) is 0 Å². The van der Waals surface area contributed by atoms with Crippen molar-refractivity contribution in [3.05, 3.63) is 0 Å². The molecule has 0 aromatic carbocycles. The van der Waals surface area contributed by atoms with E-state index in [4.69, 9.17) is 5.73 Å². The predicted octanol–water partition coefficient (Wildman–Crippen LogP) is 2.31. The fourth-order valence-electron chi connectivity index (χ4n) is 1.80. The van der Waals surface area contributed by atoms with Crippen LogP contribution in [0.5, 0.6) is 0 Å². The molecule has 1 rings (SSSR count). The molecule has 2 N–H and O–H groups in total. The second-order valence-electron chi connectivity index (χ2n) is 3.51. The van der Waals surface area contributed by atoms with Crippen LogP contribution in [0.4, 0.5) is 13.2 Å². The molecule has 0 heterocycles. The van der Waals surface area contributed by atoms with Gasteiger partial charge in [0.25, 0.3) is 0 Å². The molecule has 0 bridgehead atoms. The zero-order valence-corrected chi connectivity index (χ0v) is 6.90. The predicted molar refractivity (Wildman–Crippen MR) is 40.6 cm³/mol. The molecule has 1 saturated carbocycles. The molecule has 0 aliphatic heterocycles. The Morgan fingerprint density at radius 2 is 1.92 bits per heavy atom. The molecule has 72 valence electrons. The number of rotatable bonds is 1. The van der Waals surface area contributed by atoms with Gasteiger partial charge in [-0.2, -0.15) is 13.2 Å². The van der Waals surface area contributed by atoms with Crippen molar-refractivity contribution in [3.8, 4) is 0 Å². The van der Waals surface area contributed by atoms with Crippen LogP contribution in [0.1, 0.15) is 25.7 Å². The van der Waals surface area contributed by atoms with Gasteiger partial charge in [0.2, 0.25) is 0 Å². The zero-order valence-electron chi connectivity index (χ0n) is 6.90. The van der Waals surface area contributed by atoms with Crippen molar-refractivity contribution >= 4 is 0 Å². The van der Waals surface area contributed by atoms with Crippen molar-refractivity contribution in [2.45, 2.75) is 31.9 Å². The molecular weight excluding hydrogens is 167 g/mol. The first-order valence-corrected chi connectivity index (χ1v) is 4.31. The van der Waals surface area contributed by atoms with E-state index in [0.717, 1.165) is 6.42 Å². The number of nitrogens with two attached hydrogens (primary N) is 1. The lowest BCUT2D eigenvalue weighted by Crippen LogP contribution is -2.31. The van der Waals surface area contributed by atoms with Gasteiger partial charge in [-0.1, -0.05) is 6.42 Å². The van der Waals surface area contributed by atoms with Crippen LogP contribution in [0.25, 0.3) is 0 Å². The van der Waals surface area contributed by atoms with E-state index in [0.29, 0.717) is 19.4 Å². The molecule has 0 aromatic heterocycles. The Bertz CT molecular complexity index is 144. The smallest absolute Gasteiger partial charge is 0.330 e. The number of hydrogen-bond donors (Lipinski definition) is 1. The summed E-state index contributed by atoms with van der Waals surface area (Å²) >= 11 is 0. The highest BCUT2D eigenvalue weighted by molar-refractivity contribution is 4.77. The van der Waals surface area contributed by atoms with Crippen molar-refractivity contribution in [1.82, 2.24) is 0 Å². The molecule has 4 heteroatoms. The standard InChI is InChI=1S/C8H14F3N/c9-8(10,11)7-3-1-2-6(4-7)5-12/h6-7H,1-5,12H2/t6-,7+/m1/s1. The van der Waals surface area contributed by atoms with Gasteiger partial charge < -0.3 is 5.73 Å². The second-order valence-corrected chi connectivity index (χ2v) is 3.51. The van der Waals surface area contributed by atoms with E-state index in [-0.39, 0.29) is 12.3 Å². The largest absolute Gasteiger partial charge is 0.391 e. The number of hydrogen-bond acceptors (Lipinski definition) is 1. The van der Waals surface area contributed by atoms with Crippen molar-refractivity contribution < 1.29 is 13.2 Å². The molecule has 1 nitrogen and oxygen atoms in total. The minimum Gasteiger partial charge on any atom is -0.330 e. The van der Waals surface area contributed by atoms with E-state index in [2.05, 4.69) is 0 Å². The Hall–Kier alpha value is -0.250. The summed E-state index contributed by atoms with van der Waals surface area (Å²) in [5, 5.41) is 0. The Labute approximate surface area is 70.1 Å². The molecule has 0 saturated heterocycles. The van der Waals surface area contributed by atoms with Crippen LogP contribution < -0.4 is 5.73 Å². The molecule has 2 atom stereocenters. The highest BCUT2D eigenvalue weighted by Crippen LogP contribution is 2.39. The van der Waals surface area contributed by atoms with Crippen LogP contribution in [-0.4, -0.2) is 12.7 Å². The molecule has 1 aliphatic rings. The lowest BCUT2D eigenvalue weighted by Gasteiger charge is -2.29. The molecule has 1 fully saturated rings. The summed E-state index contributed by atoms with van der Waals surface area (Å²) < 4.78 is 36.6. The van der Waals surface area contributed by atoms with Crippen molar-refractivity contribution in [2.75, 3.05) is 6.54 Å². The quantitative estimate of drug-likeness (QED) is 0.660. The summed E-state index contributed by atoms with van der Waals surface area (Å²) in [6.45, 7) is 0.395. The third-order valence-electron chi connectivity index (χ3n) is 2.58. The summed E-state index contributed by atoms with van der Waals surface area (Å²) in [5.74, 6) is -1.01. The zero-order chi connectivity index (χ0) is 9.19. The number of alkyl halides is 3.